The molecule has 1 atom stereocenters. The van der Waals surface area contributed by atoms with Crippen LogP contribution < -0.4 is 11.1 Å². The Bertz CT molecular complexity index is 787. The van der Waals surface area contributed by atoms with Crippen molar-refractivity contribution in [3.8, 4) is 0 Å². The predicted molar refractivity (Wildman–Crippen MR) is 89.0 cm³/mol. The lowest BCUT2D eigenvalue weighted by Gasteiger charge is -2.30. The highest BCUT2D eigenvalue weighted by Crippen LogP contribution is 2.39. The maximum Gasteiger partial charge on any atom is 0.277 e. The normalized spacial score (nSPS) is 20.9. The minimum absolute atomic E-state index is 0.208. The highest BCUT2D eigenvalue weighted by atomic mass is 32.2. The van der Waals surface area contributed by atoms with E-state index in [0.29, 0.717) is 23.0 Å². The molecule has 0 saturated carbocycles. The fourth-order valence-corrected chi connectivity index (χ4v) is 3.24. The van der Waals surface area contributed by atoms with Crippen LogP contribution in [0.15, 0.2) is 51.9 Å². The maximum atomic E-state index is 12.0. The first-order chi connectivity index (χ1) is 11.0. The van der Waals surface area contributed by atoms with Gasteiger partial charge in [-0.15, -0.1) is 0 Å². The summed E-state index contributed by atoms with van der Waals surface area (Å²) in [5.41, 5.74) is 6.78. The summed E-state index contributed by atoms with van der Waals surface area (Å²) in [5, 5.41) is 3.22. The highest BCUT2D eigenvalue weighted by molar-refractivity contribution is 8.17. The zero-order chi connectivity index (χ0) is 16.4. The molecule has 3 heterocycles. The lowest BCUT2D eigenvalue weighted by molar-refractivity contribution is 0.102. The third-order valence-corrected chi connectivity index (χ3v) is 4.12. The average Bonchev–Trinajstić information content (AvgIpc) is 3.00. The Balaban J connectivity index is 1.87. The second-order valence-electron chi connectivity index (χ2n) is 5.30. The van der Waals surface area contributed by atoms with Crippen LogP contribution in [0.3, 0.4) is 0 Å². The van der Waals surface area contributed by atoms with Crippen LogP contribution >= 0.6 is 11.8 Å². The van der Waals surface area contributed by atoms with Gasteiger partial charge in [-0.05, 0) is 24.0 Å². The summed E-state index contributed by atoms with van der Waals surface area (Å²) in [5.74, 6) is -0.354. The largest absolute Gasteiger partial charge is 0.451 e. The molecule has 1 aliphatic heterocycles. The molecule has 0 aromatic carbocycles. The van der Waals surface area contributed by atoms with E-state index >= 15 is 0 Å². The van der Waals surface area contributed by atoms with Crippen LogP contribution in [0.2, 0.25) is 0 Å². The van der Waals surface area contributed by atoms with E-state index in [1.165, 1.54) is 24.4 Å². The molecule has 0 spiro atoms. The number of nitrogens with two attached hydrogens (primary N) is 1. The molecule has 1 amide bonds. The lowest BCUT2D eigenvalue weighted by Crippen LogP contribution is -2.28. The molecule has 3 rings (SSSR count). The van der Waals surface area contributed by atoms with E-state index in [1.807, 2.05) is 6.92 Å². The van der Waals surface area contributed by atoms with Crippen molar-refractivity contribution in [3.05, 3.63) is 53.9 Å². The Morgan fingerprint density at radius 3 is 3.04 bits per heavy atom. The third-order valence-electron chi connectivity index (χ3n) is 3.38. The summed E-state index contributed by atoms with van der Waals surface area (Å²) in [4.78, 5) is 25.6. The Kier molecular flexibility index (Phi) is 3.91. The number of amidine groups is 1. The van der Waals surface area contributed by atoms with Crippen LogP contribution in [-0.4, -0.2) is 21.0 Å². The van der Waals surface area contributed by atoms with Gasteiger partial charge in [-0.1, -0.05) is 18.3 Å². The molecule has 1 aliphatic rings. The number of carbonyl (C=O) groups is 1. The number of hydrogen-bond acceptors (Lipinski definition) is 7. The molecule has 7 nitrogen and oxygen atoms in total. The molecule has 23 heavy (non-hydrogen) atoms. The minimum Gasteiger partial charge on any atom is -0.451 e. The number of hydrogen-bond donors (Lipinski definition) is 2. The number of nitrogens with one attached hydrogen (secondary N) is 1. The molecule has 0 radical (unpaired) electrons. The number of aliphatic imine (C=N–C) groups is 1. The first-order valence-corrected chi connectivity index (χ1v) is 7.65. The van der Waals surface area contributed by atoms with Gasteiger partial charge in [-0.25, -0.2) is 9.98 Å². The van der Waals surface area contributed by atoms with Crippen molar-refractivity contribution in [1.82, 2.24) is 9.97 Å². The maximum absolute atomic E-state index is 12.0. The van der Waals surface area contributed by atoms with E-state index in [-0.39, 0.29) is 11.6 Å². The SMILES string of the molecule is C=C1C[C@@](C)(c2cc(NC(=O)c3cocn3)ccn2)N=C(N)S1. The molecule has 0 bridgehead atoms. The Hall–Kier alpha value is -2.61. The van der Waals surface area contributed by atoms with Crippen molar-refractivity contribution in [1.29, 1.82) is 0 Å². The van der Waals surface area contributed by atoms with Crippen molar-refractivity contribution in [2.45, 2.75) is 18.9 Å². The molecule has 0 saturated heterocycles. The zero-order valence-corrected chi connectivity index (χ0v) is 13.3. The van der Waals surface area contributed by atoms with Gasteiger partial charge in [0.2, 0.25) is 0 Å². The van der Waals surface area contributed by atoms with Gasteiger partial charge in [0, 0.05) is 18.3 Å². The van der Waals surface area contributed by atoms with E-state index < -0.39 is 5.54 Å². The molecule has 2 aromatic heterocycles. The molecule has 0 aliphatic carbocycles. The smallest absolute Gasteiger partial charge is 0.277 e. The van der Waals surface area contributed by atoms with E-state index in [4.69, 9.17) is 10.2 Å². The number of carbonyl (C=O) groups excluding carboxylic acids is 1. The van der Waals surface area contributed by atoms with Gasteiger partial charge >= 0.3 is 0 Å². The Morgan fingerprint density at radius 1 is 1.52 bits per heavy atom. The summed E-state index contributed by atoms with van der Waals surface area (Å²) in [7, 11) is 0. The number of anilines is 1. The summed E-state index contributed by atoms with van der Waals surface area (Å²) < 4.78 is 4.80. The van der Waals surface area contributed by atoms with Crippen LogP contribution in [0.1, 0.15) is 29.5 Å². The van der Waals surface area contributed by atoms with Gasteiger partial charge in [0.25, 0.3) is 5.91 Å². The molecular formula is C15H15N5O2S. The van der Waals surface area contributed by atoms with Crippen molar-refractivity contribution in [3.63, 3.8) is 0 Å². The van der Waals surface area contributed by atoms with Crippen LogP contribution in [0, 0.1) is 0 Å². The van der Waals surface area contributed by atoms with Gasteiger partial charge in [-0.3, -0.25) is 9.78 Å². The summed E-state index contributed by atoms with van der Waals surface area (Å²) >= 11 is 1.37. The number of rotatable bonds is 3. The van der Waals surface area contributed by atoms with Gasteiger partial charge in [0.15, 0.2) is 17.3 Å². The Labute approximate surface area is 137 Å². The van der Waals surface area contributed by atoms with Gasteiger partial charge in [-0.2, -0.15) is 0 Å². The molecule has 3 N–H and O–H groups in total. The first-order valence-electron chi connectivity index (χ1n) is 6.83. The van der Waals surface area contributed by atoms with E-state index in [0.717, 1.165) is 4.91 Å². The van der Waals surface area contributed by atoms with E-state index in [2.05, 4.69) is 26.9 Å². The van der Waals surface area contributed by atoms with Crippen molar-refractivity contribution in [2.24, 2.45) is 10.7 Å². The number of aromatic nitrogens is 2. The summed E-state index contributed by atoms with van der Waals surface area (Å²) in [6.07, 6.45) is 4.74. The van der Waals surface area contributed by atoms with E-state index in [9.17, 15) is 4.79 Å². The van der Waals surface area contributed by atoms with Crippen molar-refractivity contribution < 1.29 is 9.21 Å². The van der Waals surface area contributed by atoms with E-state index in [1.54, 1.807) is 18.3 Å². The fourth-order valence-electron chi connectivity index (χ4n) is 2.34. The van der Waals surface area contributed by atoms with Crippen LogP contribution in [0.4, 0.5) is 5.69 Å². The van der Waals surface area contributed by atoms with Crippen LogP contribution in [-0.2, 0) is 5.54 Å². The molecule has 0 fully saturated rings. The minimum atomic E-state index is -0.596. The van der Waals surface area contributed by atoms with Crippen molar-refractivity contribution >= 4 is 28.5 Å². The van der Waals surface area contributed by atoms with Crippen LogP contribution in [0.25, 0.3) is 0 Å². The quantitative estimate of drug-likeness (QED) is 0.896. The zero-order valence-electron chi connectivity index (χ0n) is 12.4. The van der Waals surface area contributed by atoms with Gasteiger partial charge in [0.1, 0.15) is 11.8 Å². The number of nitrogens with zero attached hydrogens (tertiary/aromatic N) is 3. The second-order valence-corrected chi connectivity index (χ2v) is 6.50. The predicted octanol–water partition coefficient (Wildman–Crippen LogP) is 2.50. The second kappa shape index (κ2) is 5.88. The lowest BCUT2D eigenvalue weighted by atomic mass is 9.93. The molecular weight excluding hydrogens is 314 g/mol. The van der Waals surface area contributed by atoms with Gasteiger partial charge in [0.05, 0.1) is 5.69 Å². The third kappa shape index (κ3) is 3.26. The van der Waals surface area contributed by atoms with Crippen molar-refractivity contribution in [2.75, 3.05) is 5.32 Å². The average molecular weight is 329 g/mol. The number of amides is 1. The number of thioether (sulfide) groups is 1. The Morgan fingerprint density at radius 2 is 2.35 bits per heavy atom. The molecule has 2 aromatic rings. The molecule has 118 valence electrons. The fraction of sp³-hybridized carbons (Fsp3) is 0.200. The standard InChI is InChI=1S/C15H15N5O2S/c1-9-6-15(2,20-14(16)23-9)12-5-10(3-4-17-12)19-13(21)11-7-22-8-18-11/h3-5,7-8H,1,6H2,2H3,(H2,16,20)(H,17,19,21)/t15-/m0/s1. The van der Waals surface area contributed by atoms with Gasteiger partial charge < -0.3 is 15.5 Å². The van der Waals surface area contributed by atoms with Crippen LogP contribution in [0.5, 0.6) is 0 Å². The molecule has 0 unspecified atom stereocenters. The monoisotopic (exact) mass is 329 g/mol. The number of pyridine rings is 1. The highest BCUT2D eigenvalue weighted by Gasteiger charge is 2.32. The topological polar surface area (TPSA) is 106 Å². The molecule has 8 heteroatoms. The first kappa shape index (κ1) is 15.3. The summed E-state index contributed by atoms with van der Waals surface area (Å²) in [6, 6.07) is 3.47. The summed E-state index contributed by atoms with van der Waals surface area (Å²) in [6.45, 7) is 5.92. The number of oxazole rings is 1.